The molecule has 1 aromatic carbocycles. The average molecular weight is 274 g/mol. The second-order valence-electron chi connectivity index (χ2n) is 3.91. The van der Waals surface area contributed by atoms with Crippen molar-refractivity contribution in [3.05, 3.63) is 29.3 Å². The molecule has 0 fully saturated rings. The number of nitrogens with zero attached hydrogens (tertiary/aromatic N) is 5. The lowest BCUT2D eigenvalue weighted by Gasteiger charge is -2.01. The van der Waals surface area contributed by atoms with Crippen molar-refractivity contribution < 1.29 is 4.79 Å². The van der Waals surface area contributed by atoms with E-state index in [1.54, 1.807) is 4.68 Å². The van der Waals surface area contributed by atoms with E-state index in [9.17, 15) is 4.79 Å². The first-order valence-corrected chi connectivity index (χ1v) is 6.42. The molecule has 1 N–H and O–H groups in total. The number of nitrogens with one attached hydrogen (secondary N) is 1. The van der Waals surface area contributed by atoms with Gasteiger partial charge in [-0.1, -0.05) is 28.7 Å². The molecule has 0 aliphatic rings. The van der Waals surface area contributed by atoms with Crippen LogP contribution in [-0.2, 0) is 11.3 Å². The van der Waals surface area contributed by atoms with Crippen LogP contribution in [0.3, 0.4) is 0 Å². The Hall–Kier alpha value is -2.35. The highest BCUT2D eigenvalue weighted by Gasteiger charge is 2.10. The van der Waals surface area contributed by atoms with Gasteiger partial charge in [0.25, 0.3) is 0 Å². The van der Waals surface area contributed by atoms with E-state index in [4.69, 9.17) is 0 Å². The lowest BCUT2D eigenvalue weighted by atomic mass is 10.3. The van der Waals surface area contributed by atoms with Gasteiger partial charge >= 0.3 is 0 Å². The molecule has 3 aromatic rings. The van der Waals surface area contributed by atoms with Crippen molar-refractivity contribution in [3.63, 3.8) is 0 Å². The Bertz CT molecular complexity index is 733. The van der Waals surface area contributed by atoms with Gasteiger partial charge in [0.05, 0.1) is 5.52 Å². The molecule has 7 nitrogen and oxygen atoms in total. The third kappa shape index (κ3) is 2.43. The van der Waals surface area contributed by atoms with E-state index >= 15 is 0 Å². The number of benzene rings is 1. The van der Waals surface area contributed by atoms with Crippen LogP contribution < -0.4 is 5.32 Å². The number of hydrogen-bond acceptors (Lipinski definition) is 6. The summed E-state index contributed by atoms with van der Waals surface area (Å²) in [5, 5.41) is 19.6. The minimum absolute atomic E-state index is 0.0964. The van der Waals surface area contributed by atoms with Crippen LogP contribution in [0.25, 0.3) is 11.0 Å². The second-order valence-corrected chi connectivity index (χ2v) is 5.09. The van der Waals surface area contributed by atoms with Gasteiger partial charge in [-0.15, -0.1) is 15.3 Å². The van der Waals surface area contributed by atoms with Crippen LogP contribution in [0.2, 0.25) is 0 Å². The zero-order chi connectivity index (χ0) is 13.2. The van der Waals surface area contributed by atoms with Crippen molar-refractivity contribution >= 4 is 33.4 Å². The molecule has 96 valence electrons. The molecule has 1 amide bonds. The summed E-state index contributed by atoms with van der Waals surface area (Å²) in [6, 6.07) is 7.49. The molecule has 0 spiro atoms. The van der Waals surface area contributed by atoms with Crippen LogP contribution >= 0.6 is 11.3 Å². The predicted molar refractivity (Wildman–Crippen MR) is 70.8 cm³/mol. The molecule has 0 bridgehead atoms. The molecule has 0 radical (unpaired) electrons. The number of fused-ring (bicyclic) bond motifs is 1. The number of para-hydroxylation sites is 1. The van der Waals surface area contributed by atoms with Gasteiger partial charge in [0.1, 0.15) is 17.1 Å². The first kappa shape index (κ1) is 11.7. The molecule has 2 heterocycles. The largest absolute Gasteiger partial charge is 0.299 e. The third-order valence-electron chi connectivity index (χ3n) is 2.49. The summed E-state index contributed by atoms with van der Waals surface area (Å²) in [4.78, 5) is 11.9. The maximum absolute atomic E-state index is 11.9. The lowest BCUT2D eigenvalue weighted by Crippen LogP contribution is -2.19. The minimum Gasteiger partial charge on any atom is -0.299 e. The molecule has 0 saturated heterocycles. The monoisotopic (exact) mass is 274 g/mol. The second kappa shape index (κ2) is 4.73. The Labute approximate surface area is 112 Å². The molecule has 0 atom stereocenters. The summed E-state index contributed by atoms with van der Waals surface area (Å²) in [5.41, 5.74) is 1.59. The Morgan fingerprint density at radius 3 is 2.95 bits per heavy atom. The molecule has 0 aliphatic heterocycles. The molecular formula is C11H10N6OS. The number of aromatic nitrogens is 5. The summed E-state index contributed by atoms with van der Waals surface area (Å²) in [6.07, 6.45) is 0. The lowest BCUT2D eigenvalue weighted by molar-refractivity contribution is -0.116. The average Bonchev–Trinajstić information content (AvgIpc) is 2.97. The number of carbonyl (C=O) groups is 1. The van der Waals surface area contributed by atoms with Crippen molar-refractivity contribution in [1.82, 2.24) is 25.2 Å². The third-order valence-corrected chi connectivity index (χ3v) is 3.24. The number of aryl methyl sites for hydroxylation is 1. The zero-order valence-electron chi connectivity index (χ0n) is 10.1. The molecular weight excluding hydrogens is 264 g/mol. The highest BCUT2D eigenvalue weighted by atomic mass is 32.1. The molecule has 0 saturated carbocycles. The predicted octanol–water partition coefficient (Wildman–Crippen LogP) is 1.23. The van der Waals surface area contributed by atoms with E-state index in [2.05, 4.69) is 25.8 Å². The van der Waals surface area contributed by atoms with Crippen molar-refractivity contribution in [1.29, 1.82) is 0 Å². The van der Waals surface area contributed by atoms with Crippen LogP contribution in [0.15, 0.2) is 24.3 Å². The van der Waals surface area contributed by atoms with Crippen LogP contribution in [0, 0.1) is 6.92 Å². The van der Waals surface area contributed by atoms with E-state index in [0.717, 1.165) is 16.0 Å². The van der Waals surface area contributed by atoms with Gasteiger partial charge in [0, 0.05) is 0 Å². The number of anilines is 1. The molecule has 2 aromatic heterocycles. The normalized spacial score (nSPS) is 10.8. The van der Waals surface area contributed by atoms with Crippen LogP contribution in [0.5, 0.6) is 0 Å². The van der Waals surface area contributed by atoms with Crippen LogP contribution in [-0.4, -0.2) is 31.1 Å². The number of carbonyl (C=O) groups excluding carboxylic acids is 1. The first-order chi connectivity index (χ1) is 9.22. The first-order valence-electron chi connectivity index (χ1n) is 5.60. The van der Waals surface area contributed by atoms with Crippen LogP contribution in [0.1, 0.15) is 5.01 Å². The summed E-state index contributed by atoms with van der Waals surface area (Å²) in [6.45, 7) is 1.93. The fourth-order valence-corrected chi connectivity index (χ4v) is 2.28. The minimum atomic E-state index is -0.202. The topological polar surface area (TPSA) is 85.6 Å². The number of amides is 1. The summed E-state index contributed by atoms with van der Waals surface area (Å²) < 4.78 is 1.55. The number of hydrogen-bond donors (Lipinski definition) is 1. The van der Waals surface area contributed by atoms with Crippen molar-refractivity contribution in [2.24, 2.45) is 0 Å². The maximum Gasteiger partial charge on any atom is 0.248 e. The van der Waals surface area contributed by atoms with Gasteiger partial charge in [0.2, 0.25) is 11.0 Å². The van der Waals surface area contributed by atoms with E-state index in [1.807, 2.05) is 31.2 Å². The molecule has 3 rings (SSSR count). The van der Waals surface area contributed by atoms with E-state index < -0.39 is 0 Å². The number of rotatable bonds is 3. The van der Waals surface area contributed by atoms with Crippen molar-refractivity contribution in [2.75, 3.05) is 5.32 Å². The van der Waals surface area contributed by atoms with Crippen LogP contribution in [0.4, 0.5) is 5.13 Å². The summed E-state index contributed by atoms with van der Waals surface area (Å²) in [5.74, 6) is -0.202. The summed E-state index contributed by atoms with van der Waals surface area (Å²) in [7, 11) is 0. The zero-order valence-corrected chi connectivity index (χ0v) is 10.9. The van der Waals surface area contributed by atoms with Crippen molar-refractivity contribution in [2.45, 2.75) is 13.5 Å². The van der Waals surface area contributed by atoms with E-state index in [1.165, 1.54) is 11.3 Å². The fourth-order valence-electron chi connectivity index (χ4n) is 1.68. The summed E-state index contributed by atoms with van der Waals surface area (Å²) >= 11 is 1.33. The van der Waals surface area contributed by atoms with Gasteiger partial charge in [-0.2, -0.15) is 0 Å². The standard InChI is InChI=1S/C11H10N6OS/c1-7-13-15-11(19-7)12-10(18)6-17-9-5-3-2-4-8(9)14-16-17/h2-5H,6H2,1H3,(H,12,15,18). The van der Waals surface area contributed by atoms with Gasteiger partial charge in [-0.25, -0.2) is 4.68 Å². The SMILES string of the molecule is Cc1nnc(NC(=O)Cn2nnc3ccccc32)s1. The molecule has 0 aliphatic carbocycles. The maximum atomic E-state index is 11.9. The van der Waals surface area contributed by atoms with Gasteiger partial charge in [-0.3, -0.25) is 10.1 Å². The molecule has 8 heteroatoms. The Morgan fingerprint density at radius 1 is 1.32 bits per heavy atom. The van der Waals surface area contributed by atoms with Gasteiger partial charge in [0.15, 0.2) is 0 Å². The Balaban J connectivity index is 1.76. The van der Waals surface area contributed by atoms with Crippen molar-refractivity contribution in [3.8, 4) is 0 Å². The van der Waals surface area contributed by atoms with E-state index in [0.29, 0.717) is 5.13 Å². The quantitative estimate of drug-likeness (QED) is 0.776. The Kier molecular flexibility index (Phi) is 2.92. The molecule has 19 heavy (non-hydrogen) atoms. The van der Waals surface area contributed by atoms with Gasteiger partial charge in [-0.05, 0) is 19.1 Å². The Morgan fingerprint density at radius 2 is 2.16 bits per heavy atom. The highest BCUT2D eigenvalue weighted by Crippen LogP contribution is 2.14. The van der Waals surface area contributed by atoms with Gasteiger partial charge < -0.3 is 0 Å². The van der Waals surface area contributed by atoms with E-state index in [-0.39, 0.29) is 12.5 Å². The smallest absolute Gasteiger partial charge is 0.248 e. The molecule has 0 unspecified atom stereocenters. The fraction of sp³-hybridized carbons (Fsp3) is 0.182. The highest BCUT2D eigenvalue weighted by molar-refractivity contribution is 7.15.